The van der Waals surface area contributed by atoms with Gasteiger partial charge >= 0.3 is 6.09 Å². The van der Waals surface area contributed by atoms with Crippen molar-refractivity contribution in [2.75, 3.05) is 0 Å². The molecule has 134 valence electrons. The van der Waals surface area contributed by atoms with E-state index in [1.54, 1.807) is 6.08 Å². The fraction of sp³-hybridized carbons (Fsp3) is 0.524. The second kappa shape index (κ2) is 6.66. The standard InChI is InChI=1S/C21H27NO3/c1-5-14-7-6-8-15(11-14)19(23)16-12-17-9-10-18(13-16)22(17)20(24)25-21(2,3)4/h5-8,11,16-18H,1,9-10,12-13H2,2-4H3. The summed E-state index contributed by atoms with van der Waals surface area (Å²) in [5.41, 5.74) is 1.21. The number of carbonyl (C=O) groups excluding carboxylic acids is 2. The summed E-state index contributed by atoms with van der Waals surface area (Å²) in [5.74, 6) is 0.167. The average molecular weight is 341 g/mol. The molecule has 0 aliphatic carbocycles. The third kappa shape index (κ3) is 3.78. The molecule has 2 aliphatic heterocycles. The molecule has 0 saturated carbocycles. The second-order valence-electron chi connectivity index (χ2n) is 8.13. The Bertz CT molecular complexity index is 675. The minimum absolute atomic E-state index is 0.0174. The smallest absolute Gasteiger partial charge is 0.410 e. The summed E-state index contributed by atoms with van der Waals surface area (Å²) < 4.78 is 5.56. The predicted molar refractivity (Wildman–Crippen MR) is 98.5 cm³/mol. The minimum atomic E-state index is -0.492. The van der Waals surface area contributed by atoms with Gasteiger partial charge in [0, 0.05) is 23.6 Å². The van der Waals surface area contributed by atoms with E-state index in [0.29, 0.717) is 0 Å². The number of rotatable bonds is 3. The van der Waals surface area contributed by atoms with Crippen molar-refractivity contribution in [1.82, 2.24) is 4.90 Å². The third-order valence-corrected chi connectivity index (χ3v) is 5.12. The molecule has 25 heavy (non-hydrogen) atoms. The molecule has 2 heterocycles. The van der Waals surface area contributed by atoms with Crippen molar-refractivity contribution >= 4 is 18.0 Å². The quantitative estimate of drug-likeness (QED) is 0.749. The van der Waals surface area contributed by atoms with Crippen LogP contribution in [0.5, 0.6) is 0 Å². The van der Waals surface area contributed by atoms with Crippen molar-refractivity contribution in [2.45, 2.75) is 64.1 Å². The summed E-state index contributed by atoms with van der Waals surface area (Å²) in [6.07, 6.45) is 4.89. The molecule has 2 fully saturated rings. The van der Waals surface area contributed by atoms with Crippen LogP contribution in [0, 0.1) is 5.92 Å². The Labute approximate surface area is 149 Å². The number of carbonyl (C=O) groups is 2. The molecule has 0 aromatic heterocycles. The Morgan fingerprint density at radius 3 is 2.40 bits per heavy atom. The number of ether oxygens (including phenoxy) is 1. The number of Topliss-reactive ketones (excluding diaryl/α,β-unsaturated/α-hetero) is 1. The van der Waals surface area contributed by atoms with Gasteiger partial charge in [0.05, 0.1) is 0 Å². The van der Waals surface area contributed by atoms with Crippen molar-refractivity contribution in [3.8, 4) is 0 Å². The van der Waals surface area contributed by atoms with Crippen LogP contribution in [0.3, 0.4) is 0 Å². The largest absolute Gasteiger partial charge is 0.444 e. The van der Waals surface area contributed by atoms with Crippen LogP contribution < -0.4 is 0 Å². The number of nitrogens with zero attached hydrogens (tertiary/aromatic N) is 1. The van der Waals surface area contributed by atoms with Crippen LogP contribution in [-0.4, -0.2) is 34.5 Å². The first kappa shape index (κ1) is 17.7. The number of piperidine rings is 1. The summed E-state index contributed by atoms with van der Waals surface area (Å²) in [4.78, 5) is 27.3. The molecule has 0 N–H and O–H groups in total. The highest BCUT2D eigenvalue weighted by molar-refractivity contribution is 5.98. The fourth-order valence-electron chi connectivity index (χ4n) is 4.06. The van der Waals surface area contributed by atoms with Gasteiger partial charge in [-0.1, -0.05) is 30.9 Å². The van der Waals surface area contributed by atoms with Crippen LogP contribution in [0.1, 0.15) is 62.4 Å². The first-order chi connectivity index (χ1) is 11.8. The minimum Gasteiger partial charge on any atom is -0.444 e. The number of fused-ring (bicyclic) bond motifs is 2. The van der Waals surface area contributed by atoms with Gasteiger partial charge in [-0.3, -0.25) is 4.79 Å². The van der Waals surface area contributed by atoms with Crippen LogP contribution in [0.2, 0.25) is 0 Å². The Kier molecular flexibility index (Phi) is 4.72. The summed E-state index contributed by atoms with van der Waals surface area (Å²) in [7, 11) is 0. The average Bonchev–Trinajstić information content (AvgIpc) is 2.83. The maximum Gasteiger partial charge on any atom is 0.410 e. The Morgan fingerprint density at radius 1 is 1.20 bits per heavy atom. The van der Waals surface area contributed by atoms with Crippen molar-refractivity contribution < 1.29 is 14.3 Å². The highest BCUT2D eigenvalue weighted by Gasteiger charge is 2.46. The van der Waals surface area contributed by atoms with E-state index in [-0.39, 0.29) is 29.9 Å². The van der Waals surface area contributed by atoms with Gasteiger partial charge in [0.15, 0.2) is 5.78 Å². The van der Waals surface area contributed by atoms with Gasteiger partial charge in [0.25, 0.3) is 0 Å². The molecular weight excluding hydrogens is 314 g/mol. The van der Waals surface area contributed by atoms with E-state index in [1.807, 2.05) is 49.9 Å². The van der Waals surface area contributed by atoms with Crippen molar-refractivity contribution in [3.05, 3.63) is 42.0 Å². The lowest BCUT2D eigenvalue weighted by Crippen LogP contribution is -2.49. The number of hydrogen-bond donors (Lipinski definition) is 0. The van der Waals surface area contributed by atoms with Crippen molar-refractivity contribution in [2.24, 2.45) is 5.92 Å². The zero-order valence-corrected chi connectivity index (χ0v) is 15.3. The molecule has 3 rings (SSSR count). The van der Waals surface area contributed by atoms with E-state index in [0.717, 1.165) is 36.8 Å². The number of amides is 1. The van der Waals surface area contributed by atoms with E-state index < -0.39 is 5.60 Å². The second-order valence-corrected chi connectivity index (χ2v) is 8.13. The molecule has 0 spiro atoms. The zero-order valence-electron chi connectivity index (χ0n) is 15.3. The highest BCUT2D eigenvalue weighted by atomic mass is 16.6. The Balaban J connectivity index is 1.72. The van der Waals surface area contributed by atoms with Crippen LogP contribution in [0.4, 0.5) is 4.79 Å². The van der Waals surface area contributed by atoms with E-state index in [4.69, 9.17) is 4.74 Å². The van der Waals surface area contributed by atoms with Crippen LogP contribution in [0.25, 0.3) is 6.08 Å². The van der Waals surface area contributed by atoms with Crippen LogP contribution in [0.15, 0.2) is 30.8 Å². The lowest BCUT2D eigenvalue weighted by Gasteiger charge is -2.39. The normalized spacial score (nSPS) is 25.6. The third-order valence-electron chi connectivity index (χ3n) is 5.12. The van der Waals surface area contributed by atoms with Crippen molar-refractivity contribution in [3.63, 3.8) is 0 Å². The SMILES string of the molecule is C=Cc1cccc(C(=O)C2CC3CCC(C2)N3C(=O)OC(C)(C)C)c1. The van der Waals surface area contributed by atoms with E-state index in [9.17, 15) is 9.59 Å². The maximum absolute atomic E-state index is 12.9. The molecule has 4 nitrogen and oxygen atoms in total. The van der Waals surface area contributed by atoms with E-state index >= 15 is 0 Å². The zero-order chi connectivity index (χ0) is 18.2. The van der Waals surface area contributed by atoms with Gasteiger partial charge in [-0.15, -0.1) is 0 Å². The molecule has 2 saturated heterocycles. The molecule has 1 aromatic rings. The van der Waals surface area contributed by atoms with Crippen molar-refractivity contribution in [1.29, 1.82) is 0 Å². The summed E-state index contributed by atoms with van der Waals surface area (Å²) in [5, 5.41) is 0. The molecule has 2 atom stereocenters. The molecule has 1 aromatic carbocycles. The van der Waals surface area contributed by atoms with Gasteiger partial charge < -0.3 is 9.64 Å². The predicted octanol–water partition coefficient (Wildman–Crippen LogP) is 4.69. The molecular formula is C21H27NO3. The fourth-order valence-corrected chi connectivity index (χ4v) is 4.06. The number of ketones is 1. The summed E-state index contributed by atoms with van der Waals surface area (Å²) in [6.45, 7) is 9.42. The summed E-state index contributed by atoms with van der Waals surface area (Å²) >= 11 is 0. The van der Waals surface area contributed by atoms with Gasteiger partial charge in [0.2, 0.25) is 0 Å². The highest BCUT2D eigenvalue weighted by Crippen LogP contribution is 2.40. The van der Waals surface area contributed by atoms with E-state index in [1.165, 1.54) is 0 Å². The molecule has 2 bridgehead atoms. The lowest BCUT2D eigenvalue weighted by atomic mass is 9.84. The molecule has 2 aliphatic rings. The molecule has 0 radical (unpaired) electrons. The van der Waals surface area contributed by atoms with E-state index in [2.05, 4.69) is 6.58 Å². The monoisotopic (exact) mass is 341 g/mol. The lowest BCUT2D eigenvalue weighted by molar-refractivity contribution is 0.00254. The van der Waals surface area contributed by atoms with Gasteiger partial charge in [-0.05, 0) is 58.1 Å². The summed E-state index contributed by atoms with van der Waals surface area (Å²) in [6, 6.07) is 7.85. The number of hydrogen-bond acceptors (Lipinski definition) is 3. The Morgan fingerprint density at radius 2 is 1.84 bits per heavy atom. The van der Waals surface area contributed by atoms with Crippen LogP contribution in [-0.2, 0) is 4.74 Å². The Hall–Kier alpha value is -2.10. The topological polar surface area (TPSA) is 46.6 Å². The first-order valence-corrected chi connectivity index (χ1v) is 9.06. The molecule has 4 heteroatoms. The number of benzene rings is 1. The van der Waals surface area contributed by atoms with Gasteiger partial charge in [-0.2, -0.15) is 0 Å². The first-order valence-electron chi connectivity index (χ1n) is 9.06. The molecule has 2 unspecified atom stereocenters. The maximum atomic E-state index is 12.9. The molecule has 1 amide bonds. The van der Waals surface area contributed by atoms with Crippen LogP contribution >= 0.6 is 0 Å². The van der Waals surface area contributed by atoms with Gasteiger partial charge in [0.1, 0.15) is 5.60 Å². The van der Waals surface area contributed by atoms with Gasteiger partial charge in [-0.25, -0.2) is 4.79 Å².